The minimum Gasteiger partial charge on any atom is -0.457 e. The molecule has 2 aromatic carbocycles. The average molecular weight is 466 g/mol. The fourth-order valence-corrected chi connectivity index (χ4v) is 4.89. The standard InChI is InChI=1S/C24H23N3O5S/c1-2-31-24(30)27-12-11-18-19(14-27)33-23(20(18)21(25)28)26-22(29)15-7-6-10-17(13-15)32-16-8-4-3-5-9-16/h3-10,13H,2,11-12,14H2,1H3,(H2,25,28)(H,26,29). The van der Waals surface area contributed by atoms with Crippen molar-refractivity contribution < 1.29 is 23.9 Å². The number of para-hydroxylation sites is 1. The van der Waals surface area contributed by atoms with Gasteiger partial charge in [0.2, 0.25) is 0 Å². The van der Waals surface area contributed by atoms with Gasteiger partial charge in [-0.15, -0.1) is 11.3 Å². The maximum absolute atomic E-state index is 13.0. The Morgan fingerprint density at radius 3 is 2.58 bits per heavy atom. The van der Waals surface area contributed by atoms with Gasteiger partial charge in [0.25, 0.3) is 11.8 Å². The summed E-state index contributed by atoms with van der Waals surface area (Å²) in [6.07, 6.45) is 0.0529. The second-order valence-corrected chi connectivity index (χ2v) is 8.44. The summed E-state index contributed by atoms with van der Waals surface area (Å²) < 4.78 is 10.9. The molecule has 4 rings (SSSR count). The lowest BCUT2D eigenvalue weighted by Crippen LogP contribution is -2.36. The molecule has 3 aromatic rings. The van der Waals surface area contributed by atoms with Crippen LogP contribution < -0.4 is 15.8 Å². The van der Waals surface area contributed by atoms with Crippen molar-refractivity contribution in [2.24, 2.45) is 5.73 Å². The number of nitrogens with zero attached hydrogens (tertiary/aromatic N) is 1. The number of benzene rings is 2. The van der Waals surface area contributed by atoms with Gasteiger partial charge in [0.1, 0.15) is 16.5 Å². The van der Waals surface area contributed by atoms with Crippen LogP contribution in [0.15, 0.2) is 54.6 Å². The molecule has 8 nitrogen and oxygen atoms in total. The molecule has 0 radical (unpaired) electrons. The molecule has 1 aliphatic heterocycles. The first-order chi connectivity index (χ1) is 16.0. The lowest BCUT2D eigenvalue weighted by Gasteiger charge is -2.26. The van der Waals surface area contributed by atoms with Crippen molar-refractivity contribution in [3.05, 3.63) is 76.2 Å². The molecule has 1 aromatic heterocycles. The Morgan fingerprint density at radius 2 is 1.85 bits per heavy atom. The number of thiophene rings is 1. The number of amides is 3. The first-order valence-electron chi connectivity index (χ1n) is 10.5. The second-order valence-electron chi connectivity index (χ2n) is 7.34. The van der Waals surface area contributed by atoms with Gasteiger partial charge in [-0.1, -0.05) is 24.3 Å². The van der Waals surface area contributed by atoms with Crippen LogP contribution in [0.1, 0.15) is 38.1 Å². The van der Waals surface area contributed by atoms with E-state index in [0.717, 1.165) is 10.4 Å². The molecule has 0 saturated heterocycles. The quantitative estimate of drug-likeness (QED) is 0.560. The Morgan fingerprint density at radius 1 is 1.09 bits per heavy atom. The van der Waals surface area contributed by atoms with Crippen molar-refractivity contribution in [3.63, 3.8) is 0 Å². The van der Waals surface area contributed by atoms with Crippen LogP contribution in [0.2, 0.25) is 0 Å². The molecule has 3 amide bonds. The number of primary amides is 1. The van der Waals surface area contributed by atoms with E-state index in [1.165, 1.54) is 11.3 Å². The zero-order valence-electron chi connectivity index (χ0n) is 18.0. The maximum Gasteiger partial charge on any atom is 0.410 e. The molecular formula is C24H23N3O5S. The highest BCUT2D eigenvalue weighted by molar-refractivity contribution is 7.17. The summed E-state index contributed by atoms with van der Waals surface area (Å²) in [7, 11) is 0. The molecule has 33 heavy (non-hydrogen) atoms. The van der Waals surface area contributed by atoms with E-state index in [0.29, 0.717) is 47.1 Å². The third-order valence-corrected chi connectivity index (χ3v) is 6.26. The molecule has 0 spiro atoms. The summed E-state index contributed by atoms with van der Waals surface area (Å²) in [5.41, 5.74) is 7.08. The van der Waals surface area contributed by atoms with Crippen LogP contribution in [-0.2, 0) is 17.7 Å². The van der Waals surface area contributed by atoms with Gasteiger partial charge in [0, 0.05) is 17.0 Å². The Kier molecular flexibility index (Phi) is 6.60. The van der Waals surface area contributed by atoms with Crippen molar-refractivity contribution in [1.29, 1.82) is 0 Å². The first kappa shape index (κ1) is 22.3. The summed E-state index contributed by atoms with van der Waals surface area (Å²) in [5.74, 6) is 0.160. The van der Waals surface area contributed by atoms with E-state index in [-0.39, 0.29) is 6.61 Å². The minimum atomic E-state index is -0.617. The van der Waals surface area contributed by atoms with Crippen LogP contribution in [-0.4, -0.2) is 36.0 Å². The molecule has 0 unspecified atom stereocenters. The lowest BCUT2D eigenvalue weighted by molar-refractivity contribution is 0.0997. The van der Waals surface area contributed by atoms with Crippen LogP contribution >= 0.6 is 11.3 Å². The largest absolute Gasteiger partial charge is 0.457 e. The van der Waals surface area contributed by atoms with Crippen molar-refractivity contribution in [2.75, 3.05) is 18.5 Å². The summed E-state index contributed by atoms with van der Waals surface area (Å²) in [5, 5.41) is 3.19. The predicted molar refractivity (Wildman–Crippen MR) is 125 cm³/mol. The minimum absolute atomic E-state index is 0.285. The molecule has 0 bridgehead atoms. The Hall–Kier alpha value is -3.85. The van der Waals surface area contributed by atoms with Crippen LogP contribution in [0, 0.1) is 0 Å². The van der Waals surface area contributed by atoms with E-state index in [4.69, 9.17) is 15.2 Å². The SMILES string of the molecule is CCOC(=O)N1CCc2c(sc(NC(=O)c3cccc(Oc4ccccc4)c3)c2C(N)=O)C1. The topological polar surface area (TPSA) is 111 Å². The number of rotatable bonds is 6. The van der Waals surface area contributed by atoms with Gasteiger partial charge in [0.05, 0.1) is 18.7 Å². The van der Waals surface area contributed by atoms with E-state index in [2.05, 4.69) is 5.32 Å². The molecular weight excluding hydrogens is 442 g/mol. The highest BCUT2D eigenvalue weighted by atomic mass is 32.1. The van der Waals surface area contributed by atoms with Gasteiger partial charge in [-0.05, 0) is 49.2 Å². The number of fused-ring (bicyclic) bond motifs is 1. The van der Waals surface area contributed by atoms with Crippen LogP contribution in [0.4, 0.5) is 9.80 Å². The molecule has 3 N–H and O–H groups in total. The number of carbonyl (C=O) groups excluding carboxylic acids is 3. The molecule has 9 heteroatoms. The van der Waals surface area contributed by atoms with Crippen LogP contribution in [0.3, 0.4) is 0 Å². The zero-order valence-corrected chi connectivity index (χ0v) is 18.8. The Bertz CT molecular complexity index is 1190. The third-order valence-electron chi connectivity index (χ3n) is 5.13. The normalized spacial score (nSPS) is 12.6. The fourth-order valence-electron chi connectivity index (χ4n) is 3.62. The fraction of sp³-hybridized carbons (Fsp3) is 0.208. The van der Waals surface area contributed by atoms with Crippen molar-refractivity contribution in [2.45, 2.75) is 19.9 Å². The Balaban J connectivity index is 1.54. The molecule has 170 valence electrons. The molecule has 0 fully saturated rings. The number of nitrogens with two attached hydrogens (primary N) is 1. The first-order valence-corrected chi connectivity index (χ1v) is 11.3. The van der Waals surface area contributed by atoms with E-state index >= 15 is 0 Å². The number of ether oxygens (including phenoxy) is 2. The third kappa shape index (κ3) is 4.98. The number of hydrogen-bond acceptors (Lipinski definition) is 6. The van der Waals surface area contributed by atoms with E-state index in [1.54, 1.807) is 36.1 Å². The molecule has 0 aliphatic carbocycles. The maximum atomic E-state index is 13.0. The molecule has 0 saturated carbocycles. The van der Waals surface area contributed by atoms with Gasteiger partial charge in [0.15, 0.2) is 0 Å². The van der Waals surface area contributed by atoms with Crippen molar-refractivity contribution in [3.8, 4) is 11.5 Å². The van der Waals surface area contributed by atoms with Crippen LogP contribution in [0.25, 0.3) is 0 Å². The van der Waals surface area contributed by atoms with Gasteiger partial charge in [-0.3, -0.25) is 9.59 Å². The second kappa shape index (κ2) is 9.74. The van der Waals surface area contributed by atoms with E-state index in [1.807, 2.05) is 30.3 Å². The number of hydrogen-bond donors (Lipinski definition) is 2. The van der Waals surface area contributed by atoms with Gasteiger partial charge in [-0.25, -0.2) is 4.79 Å². The lowest BCUT2D eigenvalue weighted by atomic mass is 10.0. The molecule has 2 heterocycles. The van der Waals surface area contributed by atoms with Crippen molar-refractivity contribution in [1.82, 2.24) is 4.90 Å². The number of anilines is 1. The van der Waals surface area contributed by atoms with Crippen LogP contribution in [0.5, 0.6) is 11.5 Å². The summed E-state index contributed by atoms with van der Waals surface area (Å²) in [6.45, 7) is 2.75. The smallest absolute Gasteiger partial charge is 0.410 e. The Labute approximate surface area is 194 Å². The average Bonchev–Trinajstić information content (AvgIpc) is 3.17. The van der Waals surface area contributed by atoms with E-state index < -0.39 is 17.9 Å². The molecule has 1 aliphatic rings. The summed E-state index contributed by atoms with van der Waals surface area (Å²) >= 11 is 1.25. The molecule has 0 atom stereocenters. The predicted octanol–water partition coefficient (Wildman–Crippen LogP) is 4.41. The summed E-state index contributed by atoms with van der Waals surface area (Å²) in [4.78, 5) is 39.6. The monoisotopic (exact) mass is 465 g/mol. The highest BCUT2D eigenvalue weighted by Gasteiger charge is 2.30. The number of carbonyl (C=O) groups is 3. The highest BCUT2D eigenvalue weighted by Crippen LogP contribution is 2.37. The zero-order chi connectivity index (χ0) is 23.4. The van der Waals surface area contributed by atoms with Crippen molar-refractivity contribution >= 4 is 34.2 Å². The van der Waals surface area contributed by atoms with Gasteiger partial charge >= 0.3 is 6.09 Å². The van der Waals surface area contributed by atoms with E-state index in [9.17, 15) is 14.4 Å². The summed E-state index contributed by atoms with van der Waals surface area (Å²) in [6, 6.07) is 16.0. The van der Waals surface area contributed by atoms with Gasteiger partial charge in [-0.2, -0.15) is 0 Å². The number of nitrogens with one attached hydrogen (secondary N) is 1. The van der Waals surface area contributed by atoms with Gasteiger partial charge < -0.3 is 25.4 Å².